The molecule has 1 nitrogen and oxygen atoms in total. The molecule has 2 heteroatoms. The van der Waals surface area contributed by atoms with Gasteiger partial charge in [-0.3, -0.25) is 0 Å². The van der Waals surface area contributed by atoms with Crippen LogP contribution in [0.2, 0.25) is 19.6 Å². The monoisotopic (exact) mass is 220 g/mol. The average Bonchev–Trinajstić information content (AvgIpc) is 2.17. The molecule has 82 valence electrons. The fraction of sp³-hybridized carbons (Fsp3) is 0.385. The predicted molar refractivity (Wildman–Crippen MR) is 68.4 cm³/mol. The Bertz CT molecular complexity index is 300. The van der Waals surface area contributed by atoms with Gasteiger partial charge in [-0.1, -0.05) is 36.4 Å². The van der Waals surface area contributed by atoms with Gasteiger partial charge >= 0.3 is 0 Å². The maximum atomic E-state index is 6.13. The van der Waals surface area contributed by atoms with Crippen LogP contribution >= 0.6 is 0 Å². The highest BCUT2D eigenvalue weighted by molar-refractivity contribution is 6.69. The molecule has 1 rings (SSSR count). The molecule has 0 saturated heterocycles. The van der Waals surface area contributed by atoms with Crippen LogP contribution in [0.15, 0.2) is 43.0 Å². The topological polar surface area (TPSA) is 9.23 Å². The van der Waals surface area contributed by atoms with Crippen molar-refractivity contribution < 1.29 is 4.43 Å². The molecule has 0 aliphatic carbocycles. The number of hydrogen-bond acceptors (Lipinski definition) is 1. The molecule has 0 spiro atoms. The minimum Gasteiger partial charge on any atom is -0.410 e. The summed E-state index contributed by atoms with van der Waals surface area (Å²) in [5, 5.41) is 0. The molecule has 0 radical (unpaired) electrons. The summed E-state index contributed by atoms with van der Waals surface area (Å²) >= 11 is 0. The summed E-state index contributed by atoms with van der Waals surface area (Å²) in [5.74, 6) is 0. The van der Waals surface area contributed by atoms with E-state index in [0.29, 0.717) is 0 Å². The van der Waals surface area contributed by atoms with Crippen LogP contribution in [0.1, 0.15) is 18.1 Å². The van der Waals surface area contributed by atoms with Gasteiger partial charge in [0.05, 0.1) is 6.10 Å². The van der Waals surface area contributed by atoms with E-state index < -0.39 is 8.32 Å². The van der Waals surface area contributed by atoms with Crippen molar-refractivity contribution in [2.75, 3.05) is 0 Å². The van der Waals surface area contributed by atoms with Gasteiger partial charge in [0.25, 0.3) is 0 Å². The van der Waals surface area contributed by atoms with Crippen molar-refractivity contribution in [3.8, 4) is 0 Å². The molecule has 0 fully saturated rings. The summed E-state index contributed by atoms with van der Waals surface area (Å²) in [6.45, 7) is 10.4. The zero-order chi connectivity index (χ0) is 11.3. The van der Waals surface area contributed by atoms with Crippen molar-refractivity contribution >= 4 is 8.32 Å². The Hall–Kier alpha value is -0.863. The summed E-state index contributed by atoms with van der Waals surface area (Å²) in [7, 11) is -1.49. The summed E-state index contributed by atoms with van der Waals surface area (Å²) in [6.07, 6.45) is 2.99. The lowest BCUT2D eigenvalue weighted by atomic mass is 10.1. The molecule has 0 bridgehead atoms. The molecule has 1 atom stereocenters. The van der Waals surface area contributed by atoms with Crippen molar-refractivity contribution in [2.24, 2.45) is 0 Å². The summed E-state index contributed by atoms with van der Waals surface area (Å²) in [5.41, 5.74) is 1.25. The standard InChI is InChI=1S/C13H20OSi/c1-5-9-13(14-15(2,3)4)12-10-7-6-8-11-12/h5-8,10-11,13H,1,9H2,2-4H3. The SMILES string of the molecule is C=CCC(O[Si](C)(C)C)c1ccccc1. The quantitative estimate of drug-likeness (QED) is 0.535. The van der Waals surface area contributed by atoms with Crippen LogP contribution < -0.4 is 0 Å². The van der Waals surface area contributed by atoms with E-state index in [9.17, 15) is 0 Å². The van der Waals surface area contributed by atoms with E-state index in [4.69, 9.17) is 4.43 Å². The third kappa shape index (κ3) is 4.45. The van der Waals surface area contributed by atoms with Crippen LogP contribution in [-0.4, -0.2) is 8.32 Å². The molecule has 0 saturated carbocycles. The zero-order valence-corrected chi connectivity index (χ0v) is 10.9. The molecule has 1 aromatic rings. The zero-order valence-electron chi connectivity index (χ0n) is 9.86. The first-order valence-electron chi connectivity index (χ1n) is 5.36. The van der Waals surface area contributed by atoms with Crippen molar-refractivity contribution in [1.82, 2.24) is 0 Å². The molecule has 0 aromatic heterocycles. The van der Waals surface area contributed by atoms with Gasteiger partial charge < -0.3 is 4.43 Å². The lowest BCUT2D eigenvalue weighted by molar-refractivity contribution is 0.201. The van der Waals surface area contributed by atoms with Crippen LogP contribution in [0.3, 0.4) is 0 Å². The molecule has 0 heterocycles. The first-order chi connectivity index (χ1) is 7.03. The Balaban J connectivity index is 2.79. The second-order valence-corrected chi connectivity index (χ2v) is 9.11. The van der Waals surface area contributed by atoms with E-state index in [1.54, 1.807) is 0 Å². The first-order valence-corrected chi connectivity index (χ1v) is 8.77. The Morgan fingerprint density at radius 3 is 2.33 bits per heavy atom. The maximum Gasteiger partial charge on any atom is 0.184 e. The van der Waals surface area contributed by atoms with Crippen LogP contribution in [-0.2, 0) is 4.43 Å². The number of benzene rings is 1. The van der Waals surface area contributed by atoms with Gasteiger partial charge in [-0.25, -0.2) is 0 Å². The van der Waals surface area contributed by atoms with Crippen LogP contribution in [0.4, 0.5) is 0 Å². The van der Waals surface area contributed by atoms with Crippen molar-refractivity contribution in [2.45, 2.75) is 32.2 Å². The molecule has 1 unspecified atom stereocenters. The lowest BCUT2D eigenvalue weighted by Gasteiger charge is -2.26. The Kier molecular flexibility index (Phi) is 4.30. The van der Waals surface area contributed by atoms with E-state index in [2.05, 4.69) is 50.5 Å². The minimum absolute atomic E-state index is 0.176. The Morgan fingerprint density at radius 1 is 1.27 bits per heavy atom. The van der Waals surface area contributed by atoms with E-state index in [-0.39, 0.29) is 6.10 Å². The first kappa shape index (κ1) is 12.2. The highest BCUT2D eigenvalue weighted by Crippen LogP contribution is 2.25. The molecule has 0 N–H and O–H groups in total. The second kappa shape index (κ2) is 5.28. The van der Waals surface area contributed by atoms with Gasteiger partial charge in [0.2, 0.25) is 0 Å². The predicted octanol–water partition coefficient (Wildman–Crippen LogP) is 4.16. The summed E-state index contributed by atoms with van der Waals surface area (Å²) in [4.78, 5) is 0. The second-order valence-electron chi connectivity index (χ2n) is 4.65. The lowest BCUT2D eigenvalue weighted by Crippen LogP contribution is -2.27. The fourth-order valence-electron chi connectivity index (χ4n) is 1.50. The largest absolute Gasteiger partial charge is 0.410 e. The normalized spacial score (nSPS) is 13.5. The molecular formula is C13H20OSi. The van der Waals surface area contributed by atoms with E-state index in [1.807, 2.05) is 12.1 Å². The van der Waals surface area contributed by atoms with Gasteiger partial charge in [0.15, 0.2) is 8.32 Å². The van der Waals surface area contributed by atoms with Crippen molar-refractivity contribution in [3.63, 3.8) is 0 Å². The van der Waals surface area contributed by atoms with Gasteiger partial charge in [0.1, 0.15) is 0 Å². The molecule has 0 aliphatic rings. The smallest absolute Gasteiger partial charge is 0.184 e. The molecular weight excluding hydrogens is 200 g/mol. The Morgan fingerprint density at radius 2 is 1.87 bits per heavy atom. The fourth-order valence-corrected chi connectivity index (χ4v) is 2.58. The van der Waals surface area contributed by atoms with Crippen molar-refractivity contribution in [3.05, 3.63) is 48.6 Å². The summed E-state index contributed by atoms with van der Waals surface area (Å²) < 4.78 is 6.13. The van der Waals surface area contributed by atoms with Gasteiger partial charge in [0, 0.05) is 0 Å². The molecule has 0 amide bonds. The highest BCUT2D eigenvalue weighted by Gasteiger charge is 2.21. The van der Waals surface area contributed by atoms with Crippen LogP contribution in [0.5, 0.6) is 0 Å². The van der Waals surface area contributed by atoms with Gasteiger partial charge in [-0.05, 0) is 31.6 Å². The summed E-state index contributed by atoms with van der Waals surface area (Å²) in [6, 6.07) is 10.4. The molecule has 15 heavy (non-hydrogen) atoms. The molecule has 0 aliphatic heterocycles. The van der Waals surface area contributed by atoms with Crippen LogP contribution in [0.25, 0.3) is 0 Å². The van der Waals surface area contributed by atoms with E-state index >= 15 is 0 Å². The minimum atomic E-state index is -1.49. The van der Waals surface area contributed by atoms with E-state index in [1.165, 1.54) is 5.56 Å². The third-order valence-corrected chi connectivity index (χ3v) is 3.04. The van der Waals surface area contributed by atoms with Crippen LogP contribution in [0, 0.1) is 0 Å². The van der Waals surface area contributed by atoms with E-state index in [0.717, 1.165) is 6.42 Å². The molecule has 1 aromatic carbocycles. The average molecular weight is 220 g/mol. The highest BCUT2D eigenvalue weighted by atomic mass is 28.4. The third-order valence-electron chi connectivity index (χ3n) is 2.05. The van der Waals surface area contributed by atoms with Gasteiger partial charge in [-0.15, -0.1) is 6.58 Å². The van der Waals surface area contributed by atoms with Gasteiger partial charge in [-0.2, -0.15) is 0 Å². The van der Waals surface area contributed by atoms with Crippen molar-refractivity contribution in [1.29, 1.82) is 0 Å². The Labute approximate surface area is 93.9 Å². The number of hydrogen-bond donors (Lipinski definition) is 0. The number of rotatable bonds is 5. The maximum absolute atomic E-state index is 6.13.